The Morgan fingerprint density at radius 3 is 2.42 bits per heavy atom. The van der Waals surface area contributed by atoms with E-state index in [1.807, 2.05) is 6.07 Å². The zero-order chi connectivity index (χ0) is 23.5. The molecule has 2 heterocycles. The van der Waals surface area contributed by atoms with Crippen LogP contribution in [0.5, 0.6) is 0 Å². The SMILES string of the molecule is CC(C)[C@H]1CC[C@@H](N2CCC(n3c(CCOC(N)=O)c(CN)c4cc(F)ccc43)CC2)CC1. The van der Waals surface area contributed by atoms with Crippen LogP contribution in [-0.4, -0.2) is 41.3 Å². The molecule has 0 unspecified atom stereocenters. The van der Waals surface area contributed by atoms with Gasteiger partial charge in [-0.2, -0.15) is 0 Å². The fourth-order valence-electron chi connectivity index (χ4n) is 6.21. The highest BCUT2D eigenvalue weighted by Crippen LogP contribution is 2.37. The van der Waals surface area contributed by atoms with Crippen LogP contribution in [0.1, 0.15) is 69.7 Å². The molecule has 0 bridgehead atoms. The van der Waals surface area contributed by atoms with Crippen LogP contribution in [0.25, 0.3) is 10.9 Å². The number of aromatic nitrogens is 1. The largest absolute Gasteiger partial charge is 0.449 e. The number of ether oxygens (including phenoxy) is 1. The maximum atomic E-state index is 14.1. The van der Waals surface area contributed by atoms with Gasteiger partial charge in [-0.15, -0.1) is 0 Å². The number of nitrogens with zero attached hydrogens (tertiary/aromatic N) is 2. The Kier molecular flexibility index (Phi) is 7.59. The number of carbonyl (C=O) groups is 1. The summed E-state index contributed by atoms with van der Waals surface area (Å²) in [6.07, 6.45) is 7.17. The number of halogens is 1. The minimum absolute atomic E-state index is 0.194. The molecule has 1 saturated carbocycles. The number of benzene rings is 1. The number of hydrogen-bond acceptors (Lipinski definition) is 4. The van der Waals surface area contributed by atoms with Crippen molar-refractivity contribution >= 4 is 17.0 Å². The first-order valence-electron chi connectivity index (χ1n) is 12.6. The standard InChI is InChI=1S/C26H39FN4O2/c1-17(2)18-3-6-20(7-4-18)30-12-9-21(10-13-30)31-24-8-5-19(27)15-22(24)23(16-28)25(31)11-14-33-26(29)32/h5,8,15,17-18,20-21H,3-4,6-7,9-14,16,28H2,1-2H3,(H2,29,32)/t18-,20+. The Morgan fingerprint density at radius 2 is 1.82 bits per heavy atom. The molecule has 1 aromatic heterocycles. The van der Waals surface area contributed by atoms with E-state index in [9.17, 15) is 9.18 Å². The summed E-state index contributed by atoms with van der Waals surface area (Å²) >= 11 is 0. The van der Waals surface area contributed by atoms with Gasteiger partial charge in [-0.05, 0) is 74.1 Å². The molecule has 7 heteroatoms. The molecule has 1 aliphatic heterocycles. The fourth-order valence-corrected chi connectivity index (χ4v) is 6.21. The molecule has 0 atom stereocenters. The van der Waals surface area contributed by atoms with Gasteiger partial charge in [0.15, 0.2) is 0 Å². The molecule has 4 N–H and O–H groups in total. The summed E-state index contributed by atoms with van der Waals surface area (Å²) < 4.78 is 21.5. The lowest BCUT2D eigenvalue weighted by Crippen LogP contribution is -2.44. The lowest BCUT2D eigenvalue weighted by atomic mass is 9.79. The first kappa shape index (κ1) is 24.0. The molecule has 0 radical (unpaired) electrons. The highest BCUT2D eigenvalue weighted by atomic mass is 19.1. The Hall–Kier alpha value is -2.12. The van der Waals surface area contributed by atoms with Gasteiger partial charge < -0.3 is 25.7 Å². The van der Waals surface area contributed by atoms with Gasteiger partial charge in [0, 0.05) is 54.7 Å². The zero-order valence-corrected chi connectivity index (χ0v) is 20.1. The Morgan fingerprint density at radius 1 is 1.12 bits per heavy atom. The second-order valence-electron chi connectivity index (χ2n) is 10.2. The van der Waals surface area contributed by atoms with E-state index in [0.29, 0.717) is 25.0 Å². The minimum Gasteiger partial charge on any atom is -0.449 e. The lowest BCUT2D eigenvalue weighted by Gasteiger charge is -2.42. The van der Waals surface area contributed by atoms with Gasteiger partial charge in [0.25, 0.3) is 0 Å². The quantitative estimate of drug-likeness (QED) is 0.628. The third-order valence-corrected chi connectivity index (χ3v) is 8.03. The van der Waals surface area contributed by atoms with Crippen LogP contribution in [0.3, 0.4) is 0 Å². The molecular weight excluding hydrogens is 419 g/mol. The minimum atomic E-state index is -0.779. The van der Waals surface area contributed by atoms with Crippen LogP contribution in [0.2, 0.25) is 0 Å². The normalized spacial score (nSPS) is 22.8. The summed E-state index contributed by atoms with van der Waals surface area (Å²) in [6.45, 7) is 7.38. The van der Waals surface area contributed by atoms with Crippen LogP contribution in [0, 0.1) is 17.7 Å². The van der Waals surface area contributed by atoms with Gasteiger partial charge in [-0.1, -0.05) is 13.8 Å². The van der Waals surface area contributed by atoms with Crippen molar-refractivity contribution in [2.24, 2.45) is 23.3 Å². The summed E-state index contributed by atoms with van der Waals surface area (Å²) in [4.78, 5) is 13.8. The molecule has 4 rings (SSSR count). The zero-order valence-electron chi connectivity index (χ0n) is 20.1. The topological polar surface area (TPSA) is 86.5 Å². The second kappa shape index (κ2) is 10.4. The van der Waals surface area contributed by atoms with Crippen LogP contribution in [0.4, 0.5) is 9.18 Å². The number of piperidine rings is 1. The van der Waals surface area contributed by atoms with Crippen molar-refractivity contribution in [1.29, 1.82) is 0 Å². The summed E-state index contributed by atoms with van der Waals surface area (Å²) in [7, 11) is 0. The van der Waals surface area contributed by atoms with E-state index in [-0.39, 0.29) is 12.4 Å². The van der Waals surface area contributed by atoms with E-state index in [1.54, 1.807) is 6.07 Å². The number of amides is 1. The average molecular weight is 459 g/mol. The maximum absolute atomic E-state index is 14.1. The predicted molar refractivity (Wildman–Crippen MR) is 129 cm³/mol. The van der Waals surface area contributed by atoms with Crippen molar-refractivity contribution in [3.05, 3.63) is 35.3 Å². The van der Waals surface area contributed by atoms with Gasteiger partial charge in [0.1, 0.15) is 5.82 Å². The smallest absolute Gasteiger partial charge is 0.404 e. The van der Waals surface area contributed by atoms with Crippen molar-refractivity contribution < 1.29 is 13.9 Å². The van der Waals surface area contributed by atoms with Gasteiger partial charge in [0.2, 0.25) is 0 Å². The number of likely N-dealkylation sites (tertiary alicyclic amines) is 1. The molecule has 2 aliphatic rings. The number of fused-ring (bicyclic) bond motifs is 1. The average Bonchev–Trinajstić information content (AvgIpc) is 3.11. The predicted octanol–water partition coefficient (Wildman–Crippen LogP) is 4.73. The first-order chi connectivity index (χ1) is 15.9. The van der Waals surface area contributed by atoms with Crippen molar-refractivity contribution in [1.82, 2.24) is 9.47 Å². The number of primary amides is 1. The van der Waals surface area contributed by atoms with Gasteiger partial charge >= 0.3 is 6.09 Å². The number of hydrogen-bond donors (Lipinski definition) is 2. The van der Waals surface area contributed by atoms with Crippen LogP contribution < -0.4 is 11.5 Å². The molecule has 33 heavy (non-hydrogen) atoms. The van der Waals surface area contributed by atoms with Crippen molar-refractivity contribution in [3.63, 3.8) is 0 Å². The first-order valence-corrected chi connectivity index (χ1v) is 12.6. The highest BCUT2D eigenvalue weighted by molar-refractivity contribution is 5.86. The number of nitrogens with two attached hydrogens (primary N) is 2. The van der Waals surface area contributed by atoms with E-state index in [2.05, 4.69) is 23.3 Å². The molecule has 182 valence electrons. The molecule has 1 aliphatic carbocycles. The molecule has 1 amide bonds. The monoisotopic (exact) mass is 458 g/mol. The van der Waals surface area contributed by atoms with E-state index < -0.39 is 6.09 Å². The summed E-state index contributed by atoms with van der Waals surface area (Å²) in [5, 5.41) is 0.862. The van der Waals surface area contributed by atoms with Gasteiger partial charge in [-0.25, -0.2) is 9.18 Å². The fraction of sp³-hybridized carbons (Fsp3) is 0.654. The van der Waals surface area contributed by atoms with E-state index >= 15 is 0 Å². The molecular formula is C26H39FN4O2. The van der Waals surface area contributed by atoms with Gasteiger partial charge in [0.05, 0.1) is 6.61 Å². The maximum Gasteiger partial charge on any atom is 0.404 e. The van der Waals surface area contributed by atoms with E-state index in [1.165, 1.54) is 31.7 Å². The second-order valence-corrected chi connectivity index (χ2v) is 10.2. The summed E-state index contributed by atoms with van der Waals surface area (Å²) in [5.74, 6) is 1.41. The lowest BCUT2D eigenvalue weighted by molar-refractivity contribution is 0.0887. The molecule has 2 fully saturated rings. The third-order valence-electron chi connectivity index (χ3n) is 8.03. The molecule has 1 saturated heterocycles. The highest BCUT2D eigenvalue weighted by Gasteiger charge is 2.31. The van der Waals surface area contributed by atoms with Crippen LogP contribution in [-0.2, 0) is 17.7 Å². The van der Waals surface area contributed by atoms with E-state index in [0.717, 1.165) is 59.9 Å². The van der Waals surface area contributed by atoms with Crippen molar-refractivity contribution in [3.8, 4) is 0 Å². The van der Waals surface area contributed by atoms with Crippen LogP contribution in [0.15, 0.2) is 18.2 Å². The van der Waals surface area contributed by atoms with E-state index in [4.69, 9.17) is 16.2 Å². The Balaban J connectivity index is 1.52. The van der Waals surface area contributed by atoms with Crippen LogP contribution >= 0.6 is 0 Å². The molecule has 2 aromatic rings. The van der Waals surface area contributed by atoms with Gasteiger partial charge in [-0.3, -0.25) is 0 Å². The Labute approximate surface area is 196 Å². The Bertz CT molecular complexity index is 957. The molecule has 0 spiro atoms. The molecule has 6 nitrogen and oxygen atoms in total. The summed E-state index contributed by atoms with van der Waals surface area (Å²) in [6, 6.07) is 5.99. The summed E-state index contributed by atoms with van der Waals surface area (Å²) in [5.41, 5.74) is 14.3. The third kappa shape index (κ3) is 5.19. The number of rotatable bonds is 7. The number of carbonyl (C=O) groups excluding carboxylic acids is 1. The van der Waals surface area contributed by atoms with Crippen molar-refractivity contribution in [2.75, 3.05) is 19.7 Å². The van der Waals surface area contributed by atoms with Crippen molar-refractivity contribution in [2.45, 2.75) is 77.4 Å². The molecule has 1 aromatic carbocycles.